The fraction of sp³-hybridized carbons (Fsp3) is 0.0556. The Morgan fingerprint density at radius 2 is 1.92 bits per heavy atom. The maximum Gasteiger partial charge on any atom is 0.291 e. The molecular formula is C18H14Br2N2O2. The van der Waals surface area contributed by atoms with Gasteiger partial charge in [0.05, 0.1) is 0 Å². The molecule has 0 fully saturated rings. The number of hydrogen-bond donors (Lipinski definition) is 2. The second kappa shape index (κ2) is 6.83. The van der Waals surface area contributed by atoms with Crippen LogP contribution in [0.4, 0.5) is 11.4 Å². The Hall–Kier alpha value is -2.05. The number of rotatable bonds is 3. The smallest absolute Gasteiger partial charge is 0.291 e. The second-order valence-corrected chi connectivity index (χ2v) is 7.03. The summed E-state index contributed by atoms with van der Waals surface area (Å²) in [7, 11) is 0. The van der Waals surface area contributed by atoms with Crippen molar-refractivity contribution in [3.8, 4) is 11.3 Å². The van der Waals surface area contributed by atoms with E-state index in [1.165, 1.54) is 0 Å². The molecule has 0 saturated carbocycles. The lowest BCUT2D eigenvalue weighted by atomic mass is 10.1. The summed E-state index contributed by atoms with van der Waals surface area (Å²) in [6, 6.07) is 14.6. The molecule has 3 aromatic rings. The molecule has 122 valence electrons. The molecule has 4 nitrogen and oxygen atoms in total. The Morgan fingerprint density at radius 1 is 1.12 bits per heavy atom. The Kier molecular flexibility index (Phi) is 4.78. The van der Waals surface area contributed by atoms with Crippen LogP contribution in [0.3, 0.4) is 0 Å². The minimum Gasteiger partial charge on any atom is -0.451 e. The number of benzene rings is 2. The zero-order valence-corrected chi connectivity index (χ0v) is 15.9. The number of halogens is 2. The Morgan fingerprint density at radius 3 is 2.67 bits per heavy atom. The summed E-state index contributed by atoms with van der Waals surface area (Å²) in [5, 5.41) is 2.82. The van der Waals surface area contributed by atoms with E-state index in [0.29, 0.717) is 17.1 Å². The molecule has 24 heavy (non-hydrogen) atoms. The molecule has 0 aliphatic carbocycles. The lowest BCUT2D eigenvalue weighted by Crippen LogP contribution is -2.12. The molecule has 0 unspecified atom stereocenters. The van der Waals surface area contributed by atoms with E-state index in [0.717, 1.165) is 20.1 Å². The van der Waals surface area contributed by atoms with Gasteiger partial charge in [0, 0.05) is 25.9 Å². The first-order valence-corrected chi connectivity index (χ1v) is 8.76. The molecule has 3 N–H and O–H groups in total. The van der Waals surface area contributed by atoms with Crippen molar-refractivity contribution < 1.29 is 9.21 Å². The average molecular weight is 450 g/mol. The summed E-state index contributed by atoms with van der Waals surface area (Å²) in [6.07, 6.45) is 0. The van der Waals surface area contributed by atoms with E-state index < -0.39 is 0 Å². The van der Waals surface area contributed by atoms with Crippen molar-refractivity contribution in [2.75, 3.05) is 11.1 Å². The monoisotopic (exact) mass is 448 g/mol. The van der Waals surface area contributed by atoms with E-state index in [-0.39, 0.29) is 11.7 Å². The van der Waals surface area contributed by atoms with Gasteiger partial charge in [-0.15, -0.1) is 0 Å². The van der Waals surface area contributed by atoms with Crippen molar-refractivity contribution in [2.45, 2.75) is 6.92 Å². The van der Waals surface area contributed by atoms with Gasteiger partial charge in [-0.1, -0.05) is 22.0 Å². The van der Waals surface area contributed by atoms with E-state index in [9.17, 15) is 4.79 Å². The van der Waals surface area contributed by atoms with Gasteiger partial charge < -0.3 is 15.5 Å². The number of nitrogens with two attached hydrogens (primary N) is 1. The fourth-order valence-corrected chi connectivity index (χ4v) is 3.51. The number of carbonyl (C=O) groups excluding carboxylic acids is 1. The molecular weight excluding hydrogens is 436 g/mol. The average Bonchev–Trinajstić information content (AvgIpc) is 3.01. The predicted octanol–water partition coefficient (Wildman–Crippen LogP) is 5.61. The highest BCUT2D eigenvalue weighted by Gasteiger charge is 2.15. The lowest BCUT2D eigenvalue weighted by molar-refractivity contribution is 0.0997. The number of anilines is 2. The molecule has 3 rings (SSSR count). The predicted molar refractivity (Wildman–Crippen MR) is 103 cm³/mol. The summed E-state index contributed by atoms with van der Waals surface area (Å²) in [5.41, 5.74) is 8.86. The van der Waals surface area contributed by atoms with Crippen LogP contribution in [0.5, 0.6) is 0 Å². The van der Waals surface area contributed by atoms with Crippen molar-refractivity contribution in [3.63, 3.8) is 0 Å². The van der Waals surface area contributed by atoms with Gasteiger partial charge >= 0.3 is 0 Å². The van der Waals surface area contributed by atoms with Crippen LogP contribution in [0.25, 0.3) is 11.3 Å². The van der Waals surface area contributed by atoms with E-state index in [1.54, 1.807) is 30.3 Å². The number of furan rings is 1. The van der Waals surface area contributed by atoms with Crippen LogP contribution < -0.4 is 11.1 Å². The summed E-state index contributed by atoms with van der Waals surface area (Å²) < 4.78 is 7.54. The summed E-state index contributed by atoms with van der Waals surface area (Å²) >= 11 is 6.91. The molecule has 0 aliphatic heterocycles. The highest BCUT2D eigenvalue weighted by atomic mass is 79.9. The number of nitrogen functional groups attached to an aromatic ring is 1. The maximum absolute atomic E-state index is 12.4. The summed E-state index contributed by atoms with van der Waals surface area (Å²) in [6.45, 7) is 1.86. The molecule has 1 heterocycles. The van der Waals surface area contributed by atoms with Gasteiger partial charge in [-0.25, -0.2) is 0 Å². The van der Waals surface area contributed by atoms with Crippen LogP contribution in [-0.4, -0.2) is 5.91 Å². The maximum atomic E-state index is 12.4. The van der Waals surface area contributed by atoms with Crippen LogP contribution >= 0.6 is 31.9 Å². The first-order valence-electron chi connectivity index (χ1n) is 7.17. The largest absolute Gasteiger partial charge is 0.451 e. The second-order valence-electron chi connectivity index (χ2n) is 5.26. The molecule has 6 heteroatoms. The van der Waals surface area contributed by atoms with E-state index in [1.807, 2.05) is 25.1 Å². The number of carbonyl (C=O) groups is 1. The Bertz CT molecular complexity index is 919. The van der Waals surface area contributed by atoms with Crippen LogP contribution in [0.15, 0.2) is 61.9 Å². The molecule has 0 bridgehead atoms. The molecule has 2 aromatic carbocycles. The first-order chi connectivity index (χ1) is 11.5. The Labute approximate surface area is 156 Å². The van der Waals surface area contributed by atoms with E-state index in [2.05, 4.69) is 37.2 Å². The van der Waals surface area contributed by atoms with Crippen molar-refractivity contribution in [2.24, 2.45) is 0 Å². The van der Waals surface area contributed by atoms with Crippen molar-refractivity contribution in [1.29, 1.82) is 0 Å². The topological polar surface area (TPSA) is 68.3 Å². The quantitative estimate of drug-likeness (QED) is 0.510. The highest BCUT2D eigenvalue weighted by Crippen LogP contribution is 2.32. The molecule has 1 amide bonds. The third kappa shape index (κ3) is 3.39. The third-order valence-corrected chi connectivity index (χ3v) is 4.80. The van der Waals surface area contributed by atoms with Crippen LogP contribution in [0.2, 0.25) is 0 Å². The molecule has 1 aromatic heterocycles. The van der Waals surface area contributed by atoms with Gasteiger partial charge in [-0.05, 0) is 70.9 Å². The SMILES string of the molecule is Cc1c(N)cccc1NC(=O)c1ccc(-c2ccc(Br)cc2Br)o1. The molecule has 0 radical (unpaired) electrons. The van der Waals surface area contributed by atoms with E-state index in [4.69, 9.17) is 10.2 Å². The van der Waals surface area contributed by atoms with Crippen molar-refractivity contribution in [3.05, 3.63) is 68.8 Å². The van der Waals surface area contributed by atoms with Gasteiger partial charge in [0.25, 0.3) is 5.91 Å². The zero-order chi connectivity index (χ0) is 17.3. The number of hydrogen-bond acceptors (Lipinski definition) is 3. The molecule has 0 aliphatic rings. The van der Waals surface area contributed by atoms with Crippen molar-refractivity contribution in [1.82, 2.24) is 0 Å². The number of nitrogens with one attached hydrogen (secondary N) is 1. The molecule has 0 atom stereocenters. The molecule has 0 spiro atoms. The highest BCUT2D eigenvalue weighted by molar-refractivity contribution is 9.11. The van der Waals surface area contributed by atoms with E-state index >= 15 is 0 Å². The lowest BCUT2D eigenvalue weighted by Gasteiger charge is -2.09. The standard InChI is InChI=1S/C18H14Br2N2O2/c1-10-14(21)3-2-4-15(10)22-18(23)17-8-7-16(24-17)12-6-5-11(19)9-13(12)20/h2-9H,21H2,1H3,(H,22,23). The fourth-order valence-electron chi connectivity index (χ4n) is 2.27. The summed E-state index contributed by atoms with van der Waals surface area (Å²) in [5.74, 6) is 0.536. The normalized spacial score (nSPS) is 10.6. The minimum absolute atomic E-state index is 0.238. The first kappa shape index (κ1) is 16.8. The summed E-state index contributed by atoms with van der Waals surface area (Å²) in [4.78, 5) is 12.4. The van der Waals surface area contributed by atoms with Crippen LogP contribution in [0, 0.1) is 6.92 Å². The van der Waals surface area contributed by atoms with Gasteiger partial charge in [0.15, 0.2) is 5.76 Å². The van der Waals surface area contributed by atoms with Crippen molar-refractivity contribution >= 4 is 49.1 Å². The van der Waals surface area contributed by atoms with Crippen LogP contribution in [-0.2, 0) is 0 Å². The Balaban J connectivity index is 1.85. The van der Waals surface area contributed by atoms with Crippen LogP contribution in [0.1, 0.15) is 16.1 Å². The number of amides is 1. The van der Waals surface area contributed by atoms with Gasteiger partial charge in [0.2, 0.25) is 0 Å². The third-order valence-electron chi connectivity index (χ3n) is 3.65. The van der Waals surface area contributed by atoms with Gasteiger partial charge in [0.1, 0.15) is 5.76 Å². The zero-order valence-electron chi connectivity index (χ0n) is 12.8. The van der Waals surface area contributed by atoms with Gasteiger partial charge in [-0.3, -0.25) is 4.79 Å². The molecule has 0 saturated heterocycles. The van der Waals surface area contributed by atoms with Gasteiger partial charge in [-0.2, -0.15) is 0 Å². The minimum atomic E-state index is -0.316.